The number of ketones is 1. The van der Waals surface area contributed by atoms with Gasteiger partial charge in [0.05, 0.1) is 12.7 Å². The van der Waals surface area contributed by atoms with E-state index in [9.17, 15) is 4.79 Å². The molecule has 1 saturated heterocycles. The molecule has 1 heterocycles. The Balaban J connectivity index is 1.97. The third kappa shape index (κ3) is 3.82. The van der Waals surface area contributed by atoms with Crippen LogP contribution in [0.1, 0.15) is 30.6 Å². The maximum atomic E-state index is 11.9. The summed E-state index contributed by atoms with van der Waals surface area (Å²) >= 11 is 0. The van der Waals surface area contributed by atoms with Crippen molar-refractivity contribution in [3.63, 3.8) is 0 Å². The zero-order chi connectivity index (χ0) is 12.3. The molecule has 2 heteroatoms. The Morgan fingerprint density at radius 1 is 1.41 bits per heavy atom. The third-order valence-corrected chi connectivity index (χ3v) is 2.90. The van der Waals surface area contributed by atoms with Crippen molar-refractivity contribution in [2.45, 2.75) is 26.4 Å². The van der Waals surface area contributed by atoms with E-state index in [0.717, 1.165) is 18.6 Å². The smallest absolute Gasteiger partial charge is 0.185 e. The van der Waals surface area contributed by atoms with E-state index in [0.29, 0.717) is 6.10 Å². The molecule has 0 amide bonds. The van der Waals surface area contributed by atoms with Crippen LogP contribution in [0.15, 0.2) is 42.5 Å². The van der Waals surface area contributed by atoms with Gasteiger partial charge >= 0.3 is 0 Å². The average molecular weight is 230 g/mol. The van der Waals surface area contributed by atoms with Crippen molar-refractivity contribution >= 4 is 5.78 Å². The van der Waals surface area contributed by atoms with Gasteiger partial charge < -0.3 is 4.74 Å². The molecule has 0 saturated carbocycles. The first-order valence-electron chi connectivity index (χ1n) is 5.97. The van der Waals surface area contributed by atoms with Gasteiger partial charge in [-0.2, -0.15) is 0 Å². The Kier molecular flexibility index (Phi) is 3.43. The second-order valence-corrected chi connectivity index (χ2v) is 5.21. The second-order valence-electron chi connectivity index (χ2n) is 5.21. The molecule has 1 fully saturated rings. The van der Waals surface area contributed by atoms with Gasteiger partial charge in [-0.05, 0) is 17.9 Å². The molecule has 2 rings (SSSR count). The van der Waals surface area contributed by atoms with Crippen LogP contribution in [0.4, 0.5) is 0 Å². The lowest BCUT2D eigenvalue weighted by molar-refractivity contribution is 0.104. The summed E-state index contributed by atoms with van der Waals surface area (Å²) < 4.78 is 5.22. The quantitative estimate of drug-likeness (QED) is 0.441. The molecular formula is C15H18O2. The van der Waals surface area contributed by atoms with Crippen LogP contribution in [0.5, 0.6) is 0 Å². The number of carbonyl (C=O) groups excluding carboxylic acids is 1. The highest BCUT2D eigenvalue weighted by molar-refractivity contribution is 6.04. The van der Waals surface area contributed by atoms with Crippen molar-refractivity contribution in [2.75, 3.05) is 6.61 Å². The van der Waals surface area contributed by atoms with Gasteiger partial charge in [-0.1, -0.05) is 50.3 Å². The molecule has 0 unspecified atom stereocenters. The molecule has 0 bridgehead atoms. The Hall–Kier alpha value is -1.41. The molecule has 17 heavy (non-hydrogen) atoms. The van der Waals surface area contributed by atoms with Crippen LogP contribution >= 0.6 is 0 Å². The van der Waals surface area contributed by atoms with Gasteiger partial charge in [-0.25, -0.2) is 0 Å². The van der Waals surface area contributed by atoms with E-state index in [1.807, 2.05) is 36.4 Å². The Morgan fingerprint density at radius 2 is 2.06 bits per heavy atom. The normalized spacial score (nSPS) is 19.5. The maximum absolute atomic E-state index is 11.9. The fourth-order valence-electron chi connectivity index (χ4n) is 1.84. The molecule has 1 aliphatic rings. The molecule has 0 aromatic heterocycles. The van der Waals surface area contributed by atoms with Crippen LogP contribution in [0.3, 0.4) is 0 Å². The first-order chi connectivity index (χ1) is 8.07. The summed E-state index contributed by atoms with van der Waals surface area (Å²) in [7, 11) is 0. The van der Waals surface area contributed by atoms with Crippen LogP contribution < -0.4 is 0 Å². The predicted octanol–water partition coefficient (Wildman–Crippen LogP) is 3.24. The summed E-state index contributed by atoms with van der Waals surface area (Å²) in [6.07, 6.45) is 5.04. The molecule has 0 spiro atoms. The Labute approximate surface area is 102 Å². The van der Waals surface area contributed by atoms with Gasteiger partial charge in [0.2, 0.25) is 0 Å². The van der Waals surface area contributed by atoms with Crippen molar-refractivity contribution in [1.29, 1.82) is 0 Å². The number of benzene rings is 1. The van der Waals surface area contributed by atoms with Crippen molar-refractivity contribution in [3.05, 3.63) is 48.0 Å². The Bertz CT molecular complexity index is 414. The van der Waals surface area contributed by atoms with E-state index in [2.05, 4.69) is 13.8 Å². The summed E-state index contributed by atoms with van der Waals surface area (Å²) in [6, 6.07) is 9.34. The highest BCUT2D eigenvalue weighted by Crippen LogP contribution is 2.30. The molecule has 1 atom stereocenters. The zero-order valence-electron chi connectivity index (χ0n) is 10.3. The van der Waals surface area contributed by atoms with Gasteiger partial charge in [0.25, 0.3) is 0 Å². The number of hydrogen-bond donors (Lipinski definition) is 0. The SMILES string of the molecule is CC(C)(/C=C/C(=O)c1ccccc1)C[C@@H]1CO1. The van der Waals surface area contributed by atoms with Crippen LogP contribution in [0, 0.1) is 5.41 Å². The topological polar surface area (TPSA) is 29.6 Å². The second kappa shape index (κ2) is 4.84. The summed E-state index contributed by atoms with van der Waals surface area (Å²) in [5.74, 6) is 0.0652. The van der Waals surface area contributed by atoms with Gasteiger partial charge in [0, 0.05) is 5.56 Å². The molecular weight excluding hydrogens is 212 g/mol. The summed E-state index contributed by atoms with van der Waals surface area (Å²) in [5.41, 5.74) is 0.758. The van der Waals surface area contributed by atoms with E-state index < -0.39 is 0 Å². The van der Waals surface area contributed by atoms with Crippen molar-refractivity contribution < 1.29 is 9.53 Å². The number of hydrogen-bond acceptors (Lipinski definition) is 2. The molecule has 0 radical (unpaired) electrons. The predicted molar refractivity (Wildman–Crippen MR) is 68.1 cm³/mol. The van der Waals surface area contributed by atoms with E-state index in [1.165, 1.54) is 0 Å². The fraction of sp³-hybridized carbons (Fsp3) is 0.400. The minimum atomic E-state index is 0.0195. The molecule has 90 valence electrons. The van der Waals surface area contributed by atoms with Gasteiger partial charge in [0.15, 0.2) is 5.78 Å². The summed E-state index contributed by atoms with van der Waals surface area (Å²) in [6.45, 7) is 5.12. The van der Waals surface area contributed by atoms with E-state index in [4.69, 9.17) is 4.74 Å². The lowest BCUT2D eigenvalue weighted by Gasteiger charge is -2.18. The van der Waals surface area contributed by atoms with Gasteiger partial charge in [-0.15, -0.1) is 0 Å². The molecule has 0 N–H and O–H groups in total. The minimum Gasteiger partial charge on any atom is -0.373 e. The highest BCUT2D eigenvalue weighted by Gasteiger charge is 2.29. The average Bonchev–Trinajstić information content (AvgIpc) is 3.10. The van der Waals surface area contributed by atoms with E-state index >= 15 is 0 Å². The molecule has 1 aromatic carbocycles. The standard InChI is InChI=1S/C15H18O2/c1-15(2,10-13-11-17-13)9-8-14(16)12-6-4-3-5-7-12/h3-9,13H,10-11H2,1-2H3/b9-8+/t13-/m1/s1. The van der Waals surface area contributed by atoms with Crippen LogP contribution in [0.2, 0.25) is 0 Å². The van der Waals surface area contributed by atoms with Crippen LogP contribution in [-0.4, -0.2) is 18.5 Å². The van der Waals surface area contributed by atoms with E-state index in [-0.39, 0.29) is 11.2 Å². The number of carbonyl (C=O) groups is 1. The lowest BCUT2D eigenvalue weighted by atomic mass is 9.87. The fourth-order valence-corrected chi connectivity index (χ4v) is 1.84. The molecule has 1 aliphatic heterocycles. The largest absolute Gasteiger partial charge is 0.373 e. The first-order valence-corrected chi connectivity index (χ1v) is 5.97. The van der Waals surface area contributed by atoms with Crippen molar-refractivity contribution in [3.8, 4) is 0 Å². The Morgan fingerprint density at radius 3 is 2.65 bits per heavy atom. The first kappa shape index (κ1) is 12.1. The van der Waals surface area contributed by atoms with Gasteiger partial charge in [0.1, 0.15) is 0 Å². The van der Waals surface area contributed by atoms with Crippen molar-refractivity contribution in [2.24, 2.45) is 5.41 Å². The lowest BCUT2D eigenvalue weighted by Crippen LogP contribution is -2.11. The third-order valence-electron chi connectivity index (χ3n) is 2.90. The van der Waals surface area contributed by atoms with Crippen LogP contribution in [0.25, 0.3) is 0 Å². The number of allylic oxidation sites excluding steroid dienone is 2. The van der Waals surface area contributed by atoms with Gasteiger partial charge in [-0.3, -0.25) is 4.79 Å². The maximum Gasteiger partial charge on any atom is 0.185 e. The van der Waals surface area contributed by atoms with Crippen molar-refractivity contribution in [1.82, 2.24) is 0 Å². The number of rotatable bonds is 5. The van der Waals surface area contributed by atoms with Crippen LogP contribution in [-0.2, 0) is 4.74 Å². The summed E-state index contributed by atoms with van der Waals surface area (Å²) in [4.78, 5) is 11.9. The molecule has 2 nitrogen and oxygen atoms in total. The highest BCUT2D eigenvalue weighted by atomic mass is 16.6. The number of epoxide rings is 1. The molecule has 0 aliphatic carbocycles. The van der Waals surface area contributed by atoms with E-state index in [1.54, 1.807) is 6.08 Å². The molecule has 1 aromatic rings. The monoisotopic (exact) mass is 230 g/mol. The minimum absolute atomic E-state index is 0.0195. The zero-order valence-corrected chi connectivity index (χ0v) is 10.3. The summed E-state index contributed by atoms with van der Waals surface area (Å²) in [5, 5.41) is 0. The number of ether oxygens (including phenoxy) is 1.